The van der Waals surface area contributed by atoms with Gasteiger partial charge in [-0.15, -0.1) is 0 Å². The highest BCUT2D eigenvalue weighted by Crippen LogP contribution is 2.27. The molecule has 1 N–H and O–H groups in total. The molecule has 0 spiro atoms. The van der Waals surface area contributed by atoms with E-state index in [1.165, 1.54) is 19.2 Å². The maximum Gasteiger partial charge on any atom is 0.261 e. The zero-order valence-electron chi connectivity index (χ0n) is 13.3. The van der Waals surface area contributed by atoms with Crippen LogP contribution >= 0.6 is 0 Å². The molecule has 0 bridgehead atoms. The predicted molar refractivity (Wildman–Crippen MR) is 92.7 cm³/mol. The minimum Gasteiger partial charge on any atom is -0.497 e. The molecule has 124 valence electrons. The Bertz CT molecular complexity index is 930. The van der Waals surface area contributed by atoms with Crippen LogP contribution in [0.3, 0.4) is 0 Å². The standard InChI is InChI=1S/C18H17NO4S/c1-13-10-14(18-4-3-9-23-18)12-15(11-13)19-24(20,21)17-7-5-16(22-2)6-8-17/h3-12,19H,1-2H3. The average molecular weight is 343 g/mol. The molecule has 6 heteroatoms. The Morgan fingerprint density at radius 3 is 2.42 bits per heavy atom. The topological polar surface area (TPSA) is 68.5 Å². The Morgan fingerprint density at radius 1 is 1.04 bits per heavy atom. The van der Waals surface area contributed by atoms with Gasteiger partial charge in [0, 0.05) is 11.3 Å². The molecule has 0 radical (unpaired) electrons. The molecule has 0 atom stereocenters. The number of rotatable bonds is 5. The lowest BCUT2D eigenvalue weighted by Crippen LogP contribution is -2.13. The second kappa shape index (κ2) is 6.41. The fourth-order valence-electron chi connectivity index (χ4n) is 2.40. The van der Waals surface area contributed by atoms with Crippen molar-refractivity contribution in [2.24, 2.45) is 0 Å². The number of aryl methyl sites for hydroxylation is 1. The third-order valence-corrected chi connectivity index (χ3v) is 4.90. The first-order chi connectivity index (χ1) is 11.5. The van der Waals surface area contributed by atoms with Crippen molar-refractivity contribution in [2.75, 3.05) is 11.8 Å². The van der Waals surface area contributed by atoms with Crippen LogP contribution in [0.15, 0.2) is 70.2 Å². The van der Waals surface area contributed by atoms with E-state index < -0.39 is 10.0 Å². The van der Waals surface area contributed by atoms with Crippen molar-refractivity contribution in [3.8, 4) is 17.1 Å². The molecule has 0 aliphatic heterocycles. The number of furan rings is 1. The van der Waals surface area contributed by atoms with Crippen LogP contribution in [0.4, 0.5) is 5.69 Å². The summed E-state index contributed by atoms with van der Waals surface area (Å²) >= 11 is 0. The van der Waals surface area contributed by atoms with Crippen molar-refractivity contribution in [2.45, 2.75) is 11.8 Å². The number of benzene rings is 2. The van der Waals surface area contributed by atoms with Gasteiger partial charge in [0.05, 0.1) is 18.3 Å². The van der Waals surface area contributed by atoms with Crippen molar-refractivity contribution < 1.29 is 17.6 Å². The summed E-state index contributed by atoms with van der Waals surface area (Å²) < 4.78 is 38.1. The van der Waals surface area contributed by atoms with Crippen LogP contribution in [0, 0.1) is 6.92 Å². The number of sulfonamides is 1. The molecule has 2 aromatic carbocycles. The van der Waals surface area contributed by atoms with Gasteiger partial charge in [0.15, 0.2) is 0 Å². The number of anilines is 1. The minimum atomic E-state index is -3.68. The fraction of sp³-hybridized carbons (Fsp3) is 0.111. The Hall–Kier alpha value is -2.73. The van der Waals surface area contributed by atoms with Crippen molar-refractivity contribution in [1.29, 1.82) is 0 Å². The summed E-state index contributed by atoms with van der Waals surface area (Å²) in [4.78, 5) is 0.171. The second-order valence-corrected chi connectivity index (χ2v) is 7.03. The molecular formula is C18H17NO4S. The number of methoxy groups -OCH3 is 1. The first-order valence-electron chi connectivity index (χ1n) is 7.30. The van der Waals surface area contributed by atoms with Crippen LogP contribution in [0.2, 0.25) is 0 Å². The molecule has 0 fully saturated rings. The highest BCUT2D eigenvalue weighted by atomic mass is 32.2. The lowest BCUT2D eigenvalue weighted by atomic mass is 10.1. The molecule has 3 rings (SSSR count). The fourth-order valence-corrected chi connectivity index (χ4v) is 3.44. The molecule has 0 aliphatic rings. The molecule has 3 aromatic rings. The molecule has 1 heterocycles. The van der Waals surface area contributed by atoms with Gasteiger partial charge in [-0.25, -0.2) is 8.42 Å². The average Bonchev–Trinajstić information content (AvgIpc) is 3.08. The zero-order valence-corrected chi connectivity index (χ0v) is 14.1. The Labute approximate surface area is 140 Å². The van der Waals surface area contributed by atoms with Crippen LogP contribution < -0.4 is 9.46 Å². The first-order valence-corrected chi connectivity index (χ1v) is 8.79. The van der Waals surface area contributed by atoms with Gasteiger partial charge in [-0.1, -0.05) is 0 Å². The molecular weight excluding hydrogens is 326 g/mol. The van der Waals surface area contributed by atoms with Crippen LogP contribution in [0.1, 0.15) is 5.56 Å². The van der Waals surface area contributed by atoms with Crippen molar-refractivity contribution >= 4 is 15.7 Å². The van der Waals surface area contributed by atoms with E-state index in [1.807, 2.05) is 19.1 Å². The zero-order chi connectivity index (χ0) is 17.2. The monoisotopic (exact) mass is 343 g/mol. The normalized spacial score (nSPS) is 11.2. The molecule has 24 heavy (non-hydrogen) atoms. The second-order valence-electron chi connectivity index (χ2n) is 5.35. The molecule has 0 amide bonds. The SMILES string of the molecule is COc1ccc(S(=O)(=O)Nc2cc(C)cc(-c3ccco3)c2)cc1. The summed E-state index contributed by atoms with van der Waals surface area (Å²) in [7, 11) is -2.14. The lowest BCUT2D eigenvalue weighted by Gasteiger charge is -2.11. The number of nitrogens with one attached hydrogen (secondary N) is 1. The van der Waals surface area contributed by atoms with Gasteiger partial charge >= 0.3 is 0 Å². The number of hydrogen-bond acceptors (Lipinski definition) is 4. The third-order valence-electron chi connectivity index (χ3n) is 3.50. The number of hydrogen-bond donors (Lipinski definition) is 1. The summed E-state index contributed by atoms with van der Waals surface area (Å²) in [5.74, 6) is 1.29. The highest BCUT2D eigenvalue weighted by molar-refractivity contribution is 7.92. The van der Waals surface area contributed by atoms with Gasteiger partial charge in [0.1, 0.15) is 11.5 Å². The van der Waals surface area contributed by atoms with Gasteiger partial charge < -0.3 is 9.15 Å². The van der Waals surface area contributed by atoms with E-state index in [4.69, 9.17) is 9.15 Å². The van der Waals surface area contributed by atoms with Crippen LogP contribution in [-0.2, 0) is 10.0 Å². The van der Waals surface area contributed by atoms with Crippen LogP contribution in [-0.4, -0.2) is 15.5 Å². The van der Waals surface area contributed by atoms with E-state index >= 15 is 0 Å². The van der Waals surface area contributed by atoms with Crippen molar-refractivity contribution in [3.05, 3.63) is 66.4 Å². The molecule has 1 aromatic heterocycles. The summed E-state index contributed by atoms with van der Waals surface area (Å²) in [5, 5.41) is 0. The predicted octanol–water partition coefficient (Wildman–Crippen LogP) is 4.06. The first kappa shape index (κ1) is 16.1. The lowest BCUT2D eigenvalue weighted by molar-refractivity contribution is 0.414. The largest absolute Gasteiger partial charge is 0.497 e. The van der Waals surface area contributed by atoms with Crippen molar-refractivity contribution in [1.82, 2.24) is 0 Å². The van der Waals surface area contributed by atoms with E-state index in [9.17, 15) is 8.42 Å². The van der Waals surface area contributed by atoms with Gasteiger partial charge in [0.2, 0.25) is 0 Å². The molecule has 0 aliphatic carbocycles. The van der Waals surface area contributed by atoms with E-state index in [2.05, 4.69) is 4.72 Å². The van der Waals surface area contributed by atoms with E-state index in [1.54, 1.807) is 36.6 Å². The van der Waals surface area contributed by atoms with Crippen LogP contribution in [0.25, 0.3) is 11.3 Å². The van der Waals surface area contributed by atoms with E-state index in [-0.39, 0.29) is 4.90 Å². The molecule has 0 saturated heterocycles. The van der Waals surface area contributed by atoms with Gasteiger partial charge in [0.25, 0.3) is 10.0 Å². The summed E-state index contributed by atoms with van der Waals surface area (Å²) in [6.45, 7) is 1.90. The summed E-state index contributed by atoms with van der Waals surface area (Å²) in [6, 6.07) is 15.3. The Morgan fingerprint density at radius 2 is 1.79 bits per heavy atom. The van der Waals surface area contributed by atoms with Gasteiger partial charge in [-0.05, 0) is 67.1 Å². The molecule has 5 nitrogen and oxygen atoms in total. The Kier molecular flexibility index (Phi) is 4.31. The Balaban J connectivity index is 1.92. The van der Waals surface area contributed by atoms with Gasteiger partial charge in [-0.2, -0.15) is 0 Å². The van der Waals surface area contributed by atoms with E-state index in [0.29, 0.717) is 17.2 Å². The highest BCUT2D eigenvalue weighted by Gasteiger charge is 2.15. The van der Waals surface area contributed by atoms with Crippen molar-refractivity contribution in [3.63, 3.8) is 0 Å². The maximum atomic E-state index is 12.5. The summed E-state index contributed by atoms with van der Waals surface area (Å²) in [6.07, 6.45) is 1.58. The molecule has 0 unspecified atom stereocenters. The van der Waals surface area contributed by atoms with Gasteiger partial charge in [-0.3, -0.25) is 4.72 Å². The summed E-state index contributed by atoms with van der Waals surface area (Å²) in [5.41, 5.74) is 2.22. The number of ether oxygens (including phenoxy) is 1. The minimum absolute atomic E-state index is 0.171. The van der Waals surface area contributed by atoms with Crippen LogP contribution in [0.5, 0.6) is 5.75 Å². The quantitative estimate of drug-likeness (QED) is 0.758. The van der Waals surface area contributed by atoms with E-state index in [0.717, 1.165) is 11.1 Å². The smallest absolute Gasteiger partial charge is 0.261 e. The molecule has 0 saturated carbocycles. The maximum absolute atomic E-state index is 12.5. The third kappa shape index (κ3) is 3.44.